The van der Waals surface area contributed by atoms with Crippen molar-refractivity contribution in [3.63, 3.8) is 0 Å². The van der Waals surface area contributed by atoms with Crippen LogP contribution in [0, 0.1) is 0 Å². The largest absolute Gasteiger partial charge is 0.395 e. The number of piperidine rings is 1. The molecular formula is C11H24N2O4S. The van der Waals surface area contributed by atoms with Crippen LogP contribution >= 0.6 is 0 Å². The van der Waals surface area contributed by atoms with E-state index >= 15 is 0 Å². The van der Waals surface area contributed by atoms with Gasteiger partial charge in [-0.1, -0.05) is 6.42 Å². The lowest BCUT2D eigenvalue weighted by molar-refractivity contribution is 0.129. The predicted molar refractivity (Wildman–Crippen MR) is 69.4 cm³/mol. The van der Waals surface area contributed by atoms with E-state index in [0.29, 0.717) is 19.8 Å². The van der Waals surface area contributed by atoms with Gasteiger partial charge in [0.05, 0.1) is 13.2 Å². The zero-order valence-corrected chi connectivity index (χ0v) is 11.9. The van der Waals surface area contributed by atoms with Gasteiger partial charge >= 0.3 is 0 Å². The van der Waals surface area contributed by atoms with E-state index in [9.17, 15) is 13.5 Å². The lowest BCUT2D eigenvalue weighted by Gasteiger charge is -2.34. The van der Waals surface area contributed by atoms with Crippen LogP contribution in [-0.4, -0.2) is 56.3 Å². The Morgan fingerprint density at radius 2 is 2.22 bits per heavy atom. The Bertz CT molecular complexity index is 334. The highest BCUT2D eigenvalue weighted by atomic mass is 32.2. The summed E-state index contributed by atoms with van der Waals surface area (Å²) < 4.78 is 33.5. The van der Waals surface area contributed by atoms with E-state index in [4.69, 9.17) is 4.74 Å². The summed E-state index contributed by atoms with van der Waals surface area (Å²) in [6.45, 7) is 4.91. The van der Waals surface area contributed by atoms with Gasteiger partial charge in [-0.15, -0.1) is 0 Å². The third-order valence-electron chi connectivity index (χ3n) is 3.01. The van der Waals surface area contributed by atoms with Crippen LogP contribution in [0.25, 0.3) is 0 Å². The van der Waals surface area contributed by atoms with Gasteiger partial charge in [-0.25, -0.2) is 0 Å². The van der Waals surface area contributed by atoms with Crippen LogP contribution in [0.3, 0.4) is 0 Å². The summed E-state index contributed by atoms with van der Waals surface area (Å²) in [6.07, 6.45) is 2.53. The second-order valence-electron chi connectivity index (χ2n) is 4.63. The number of rotatable bonds is 7. The first kappa shape index (κ1) is 15.8. The Morgan fingerprint density at radius 3 is 2.83 bits per heavy atom. The van der Waals surface area contributed by atoms with Crippen molar-refractivity contribution in [2.45, 2.75) is 45.2 Å². The zero-order chi connectivity index (χ0) is 13.6. The van der Waals surface area contributed by atoms with E-state index < -0.39 is 10.2 Å². The molecule has 0 aromatic heterocycles. The third kappa shape index (κ3) is 4.47. The summed E-state index contributed by atoms with van der Waals surface area (Å²) in [4.78, 5) is 0. The standard InChI is InChI=1S/C11H24N2O4S/c1-3-17-9-10(2)12-18(15,16)13-7-5-4-6-11(13)8-14/h10-12,14H,3-9H2,1-2H3. The van der Waals surface area contributed by atoms with Gasteiger partial charge in [0, 0.05) is 25.2 Å². The van der Waals surface area contributed by atoms with Crippen LogP contribution in [0.4, 0.5) is 0 Å². The molecule has 7 heteroatoms. The number of hydrogen-bond acceptors (Lipinski definition) is 4. The van der Waals surface area contributed by atoms with Crippen LogP contribution in [0.5, 0.6) is 0 Å². The van der Waals surface area contributed by atoms with E-state index in [2.05, 4.69) is 4.72 Å². The van der Waals surface area contributed by atoms with E-state index in [-0.39, 0.29) is 18.7 Å². The summed E-state index contributed by atoms with van der Waals surface area (Å²) >= 11 is 0. The Labute approximate surface area is 109 Å². The summed E-state index contributed by atoms with van der Waals surface area (Å²) in [5.41, 5.74) is 0. The summed E-state index contributed by atoms with van der Waals surface area (Å²) in [5, 5.41) is 9.24. The monoisotopic (exact) mass is 280 g/mol. The van der Waals surface area contributed by atoms with Crippen molar-refractivity contribution in [3.05, 3.63) is 0 Å². The lowest BCUT2D eigenvalue weighted by atomic mass is 10.1. The van der Waals surface area contributed by atoms with Gasteiger partial charge in [-0.3, -0.25) is 0 Å². The first-order valence-corrected chi connectivity index (χ1v) is 7.93. The third-order valence-corrected chi connectivity index (χ3v) is 4.81. The van der Waals surface area contributed by atoms with Crippen LogP contribution in [0.1, 0.15) is 33.1 Å². The van der Waals surface area contributed by atoms with Crippen molar-refractivity contribution in [1.29, 1.82) is 0 Å². The summed E-state index contributed by atoms with van der Waals surface area (Å²) in [7, 11) is -3.53. The van der Waals surface area contributed by atoms with E-state index in [1.165, 1.54) is 4.31 Å². The van der Waals surface area contributed by atoms with Gasteiger partial charge in [0.2, 0.25) is 0 Å². The second-order valence-corrected chi connectivity index (χ2v) is 6.28. The molecule has 1 heterocycles. The molecule has 0 aromatic rings. The highest BCUT2D eigenvalue weighted by Gasteiger charge is 2.32. The maximum absolute atomic E-state index is 12.2. The molecule has 18 heavy (non-hydrogen) atoms. The highest BCUT2D eigenvalue weighted by molar-refractivity contribution is 7.87. The number of aliphatic hydroxyl groups excluding tert-OH is 1. The van der Waals surface area contributed by atoms with Crippen LogP contribution < -0.4 is 4.72 Å². The maximum atomic E-state index is 12.2. The molecule has 1 saturated heterocycles. The average molecular weight is 280 g/mol. The summed E-state index contributed by atoms with van der Waals surface area (Å²) in [5.74, 6) is 0. The fraction of sp³-hybridized carbons (Fsp3) is 1.00. The molecule has 0 saturated carbocycles. The van der Waals surface area contributed by atoms with Gasteiger partial charge in [-0.2, -0.15) is 17.4 Å². The molecule has 2 atom stereocenters. The fourth-order valence-corrected chi connectivity index (χ4v) is 3.77. The Morgan fingerprint density at radius 1 is 1.50 bits per heavy atom. The normalized spacial score (nSPS) is 24.1. The molecular weight excluding hydrogens is 256 g/mol. The van der Waals surface area contributed by atoms with Crippen LogP contribution in [0.2, 0.25) is 0 Å². The van der Waals surface area contributed by atoms with Gasteiger partial charge < -0.3 is 9.84 Å². The molecule has 0 aromatic carbocycles. The van der Waals surface area contributed by atoms with Crippen molar-refractivity contribution in [2.24, 2.45) is 0 Å². The zero-order valence-electron chi connectivity index (χ0n) is 11.1. The molecule has 2 N–H and O–H groups in total. The lowest BCUT2D eigenvalue weighted by Crippen LogP contribution is -2.52. The van der Waals surface area contributed by atoms with E-state index in [1.54, 1.807) is 6.92 Å². The molecule has 1 aliphatic rings. The smallest absolute Gasteiger partial charge is 0.280 e. The molecule has 0 bridgehead atoms. The number of nitrogens with zero attached hydrogens (tertiary/aromatic N) is 1. The maximum Gasteiger partial charge on any atom is 0.280 e. The topological polar surface area (TPSA) is 78.9 Å². The number of nitrogens with one attached hydrogen (secondary N) is 1. The summed E-state index contributed by atoms with van der Waals surface area (Å²) in [6, 6.07) is -0.563. The minimum atomic E-state index is -3.53. The Kier molecular flexibility index (Phi) is 6.51. The van der Waals surface area contributed by atoms with Gasteiger partial charge in [-0.05, 0) is 26.7 Å². The molecule has 1 fully saturated rings. The minimum Gasteiger partial charge on any atom is -0.395 e. The molecule has 0 radical (unpaired) electrons. The molecule has 1 aliphatic heterocycles. The van der Waals surface area contributed by atoms with Crippen molar-refractivity contribution < 1.29 is 18.3 Å². The minimum absolute atomic E-state index is 0.124. The van der Waals surface area contributed by atoms with Crippen molar-refractivity contribution in [2.75, 3.05) is 26.4 Å². The van der Waals surface area contributed by atoms with Crippen LogP contribution in [0.15, 0.2) is 0 Å². The van der Waals surface area contributed by atoms with Gasteiger partial charge in [0.15, 0.2) is 0 Å². The average Bonchev–Trinajstić information content (AvgIpc) is 2.35. The molecule has 0 amide bonds. The van der Waals surface area contributed by atoms with Crippen LogP contribution in [-0.2, 0) is 14.9 Å². The molecule has 2 unspecified atom stereocenters. The van der Waals surface area contributed by atoms with Crippen molar-refractivity contribution in [3.8, 4) is 0 Å². The molecule has 1 rings (SSSR count). The number of ether oxygens (including phenoxy) is 1. The number of aliphatic hydroxyl groups is 1. The van der Waals surface area contributed by atoms with Gasteiger partial charge in [0.1, 0.15) is 0 Å². The number of hydrogen-bond donors (Lipinski definition) is 2. The SMILES string of the molecule is CCOCC(C)NS(=O)(=O)N1CCCCC1CO. The molecule has 0 aliphatic carbocycles. The predicted octanol–water partition coefficient (Wildman–Crippen LogP) is 0.0926. The van der Waals surface area contributed by atoms with E-state index in [0.717, 1.165) is 19.3 Å². The Balaban J connectivity index is 2.60. The second kappa shape index (κ2) is 7.40. The molecule has 0 spiro atoms. The first-order chi connectivity index (χ1) is 8.51. The molecule has 6 nitrogen and oxygen atoms in total. The quantitative estimate of drug-likeness (QED) is 0.693. The fourth-order valence-electron chi connectivity index (χ4n) is 2.12. The van der Waals surface area contributed by atoms with Crippen molar-refractivity contribution >= 4 is 10.2 Å². The molecule has 108 valence electrons. The van der Waals surface area contributed by atoms with E-state index in [1.807, 2.05) is 6.92 Å². The van der Waals surface area contributed by atoms with Gasteiger partial charge in [0.25, 0.3) is 10.2 Å². The van der Waals surface area contributed by atoms with Crippen molar-refractivity contribution in [1.82, 2.24) is 9.03 Å². The highest BCUT2D eigenvalue weighted by Crippen LogP contribution is 2.19. The first-order valence-electron chi connectivity index (χ1n) is 6.49. The Hall–Kier alpha value is -0.210.